The van der Waals surface area contributed by atoms with E-state index in [2.05, 4.69) is 25.9 Å². The van der Waals surface area contributed by atoms with Crippen LogP contribution in [0.25, 0.3) is 10.9 Å². The lowest BCUT2D eigenvalue weighted by molar-refractivity contribution is -0.137. The normalized spacial score (nSPS) is 18.2. The number of aromatic nitrogens is 1. The van der Waals surface area contributed by atoms with Gasteiger partial charge in [-0.3, -0.25) is 24.6 Å². The molecule has 0 radical (unpaired) electrons. The first kappa shape index (κ1) is 33.6. The lowest BCUT2D eigenvalue weighted by atomic mass is 9.86. The zero-order valence-electron chi connectivity index (χ0n) is 27.8. The fourth-order valence-electron chi connectivity index (χ4n) is 6.38. The lowest BCUT2D eigenvalue weighted by Gasteiger charge is -2.37. The maximum atomic E-state index is 13.3. The summed E-state index contributed by atoms with van der Waals surface area (Å²) < 4.78 is 39.8. The van der Waals surface area contributed by atoms with Crippen molar-refractivity contribution in [3.63, 3.8) is 0 Å². The summed E-state index contributed by atoms with van der Waals surface area (Å²) in [6, 6.07) is 11.4. The molecule has 0 saturated carbocycles. The van der Waals surface area contributed by atoms with Gasteiger partial charge in [-0.1, -0.05) is 39.0 Å². The van der Waals surface area contributed by atoms with Gasteiger partial charge in [-0.05, 0) is 55.1 Å². The molecule has 3 heterocycles. The van der Waals surface area contributed by atoms with Crippen LogP contribution in [-0.4, -0.2) is 98.9 Å². The van der Waals surface area contributed by atoms with Gasteiger partial charge in [0.15, 0.2) is 5.75 Å². The summed E-state index contributed by atoms with van der Waals surface area (Å²) in [6.45, 7) is 10.7. The van der Waals surface area contributed by atoms with Gasteiger partial charge < -0.3 is 18.9 Å². The van der Waals surface area contributed by atoms with E-state index in [9.17, 15) is 18.0 Å². The third-order valence-electron chi connectivity index (χ3n) is 8.87. The van der Waals surface area contributed by atoms with E-state index >= 15 is 0 Å². The van der Waals surface area contributed by atoms with Crippen LogP contribution in [0.15, 0.2) is 36.4 Å². The van der Waals surface area contributed by atoms with Crippen LogP contribution >= 0.6 is 0 Å². The molecule has 3 aromatic rings. The van der Waals surface area contributed by atoms with Gasteiger partial charge in [0, 0.05) is 51.2 Å². The summed E-state index contributed by atoms with van der Waals surface area (Å²) in [6.07, 6.45) is 2.33. The van der Waals surface area contributed by atoms with Crippen LogP contribution in [0.3, 0.4) is 0 Å². The predicted molar refractivity (Wildman–Crippen MR) is 180 cm³/mol. The van der Waals surface area contributed by atoms with Gasteiger partial charge in [0.05, 0.1) is 36.3 Å². The van der Waals surface area contributed by atoms with Crippen molar-refractivity contribution in [3.05, 3.63) is 47.5 Å². The van der Waals surface area contributed by atoms with E-state index < -0.39 is 16.1 Å². The fourth-order valence-corrected chi connectivity index (χ4v) is 6.93. The molecule has 0 aliphatic carbocycles. The van der Waals surface area contributed by atoms with Gasteiger partial charge in [-0.15, -0.1) is 0 Å². The smallest absolute Gasteiger partial charge is 0.418 e. The van der Waals surface area contributed by atoms with E-state index in [0.29, 0.717) is 25.5 Å². The van der Waals surface area contributed by atoms with Crippen LogP contribution in [0.2, 0.25) is 0 Å². The number of para-hydroxylation sites is 1. The number of ether oxygens (including phenoxy) is 2. The molecule has 12 nitrogen and oxygen atoms in total. The maximum Gasteiger partial charge on any atom is 0.418 e. The molecular formula is C33H46N6O6S. The van der Waals surface area contributed by atoms with Gasteiger partial charge in [-0.25, -0.2) is 13.2 Å². The molecule has 2 fully saturated rings. The molecule has 2 aliphatic heterocycles. The number of aryl methyl sites for hydroxylation is 1. The van der Waals surface area contributed by atoms with E-state index in [0.717, 1.165) is 60.8 Å². The average molecular weight is 655 g/mol. The summed E-state index contributed by atoms with van der Waals surface area (Å²) >= 11 is 0. The quantitative estimate of drug-likeness (QED) is 0.370. The van der Waals surface area contributed by atoms with Gasteiger partial charge >= 0.3 is 6.09 Å². The van der Waals surface area contributed by atoms with Crippen molar-refractivity contribution < 1.29 is 27.5 Å². The largest absolute Gasteiger partial charge is 0.492 e. The van der Waals surface area contributed by atoms with Crippen molar-refractivity contribution in [1.29, 1.82) is 0 Å². The van der Waals surface area contributed by atoms with Crippen LogP contribution in [-0.2, 0) is 33.8 Å². The first-order chi connectivity index (χ1) is 21.6. The minimum atomic E-state index is -3.61. The summed E-state index contributed by atoms with van der Waals surface area (Å²) in [7, 11) is 1.69. The van der Waals surface area contributed by atoms with Crippen molar-refractivity contribution in [1.82, 2.24) is 19.3 Å². The first-order valence-corrected chi connectivity index (χ1v) is 17.5. The van der Waals surface area contributed by atoms with E-state index in [-0.39, 0.29) is 34.5 Å². The van der Waals surface area contributed by atoms with Crippen molar-refractivity contribution in [2.45, 2.75) is 51.6 Å². The number of sulfonamides is 1. The summed E-state index contributed by atoms with van der Waals surface area (Å²) in [5.74, 6) is 0.776. The number of methoxy groups -OCH3 is 1. The summed E-state index contributed by atoms with van der Waals surface area (Å²) in [4.78, 5) is 32.8. The molecule has 0 bridgehead atoms. The number of hydrogen-bond acceptors (Lipinski definition) is 8. The highest BCUT2D eigenvalue weighted by atomic mass is 32.2. The molecule has 0 spiro atoms. The topological polar surface area (TPSA) is 125 Å². The minimum absolute atomic E-state index is 0.00834. The molecule has 2 amide bonds. The number of rotatable bonds is 8. The van der Waals surface area contributed by atoms with Crippen LogP contribution in [0.1, 0.15) is 44.7 Å². The highest BCUT2D eigenvalue weighted by Crippen LogP contribution is 2.39. The molecule has 2 N–H and O–H groups in total. The minimum Gasteiger partial charge on any atom is -0.492 e. The molecule has 2 aromatic carbocycles. The van der Waals surface area contributed by atoms with E-state index in [1.165, 1.54) is 7.11 Å². The number of amides is 2. The Morgan fingerprint density at radius 2 is 1.70 bits per heavy atom. The molecule has 1 atom stereocenters. The predicted octanol–water partition coefficient (Wildman–Crippen LogP) is 4.21. The van der Waals surface area contributed by atoms with Crippen molar-refractivity contribution in [2.75, 3.05) is 63.2 Å². The van der Waals surface area contributed by atoms with E-state index in [1.54, 1.807) is 12.1 Å². The third-order valence-corrected chi connectivity index (χ3v) is 9.46. The van der Waals surface area contributed by atoms with Crippen LogP contribution < -0.4 is 19.5 Å². The highest BCUT2D eigenvalue weighted by molar-refractivity contribution is 7.92. The average Bonchev–Trinajstić information content (AvgIpc) is 3.54. The fraction of sp³-hybridized carbons (Fsp3) is 0.515. The number of carbonyl (C=O) groups excluding carboxylic acids is 2. The summed E-state index contributed by atoms with van der Waals surface area (Å²) in [5.41, 5.74) is 3.01. The number of benzene rings is 2. The van der Waals surface area contributed by atoms with Gasteiger partial charge in [0.2, 0.25) is 21.8 Å². The number of likely N-dealkylation sites (tertiary alicyclic amines) is 1. The number of nitrogens with one attached hydrogen (secondary N) is 2. The number of hydrogen-bond donors (Lipinski definition) is 2. The highest BCUT2D eigenvalue weighted by Gasteiger charge is 2.33. The number of likely N-dealkylation sites (N-methyl/N-ethyl adjacent to an activating group) is 1. The Morgan fingerprint density at radius 3 is 2.30 bits per heavy atom. The second-order valence-corrected chi connectivity index (χ2v) is 15.1. The zero-order valence-corrected chi connectivity index (χ0v) is 28.7. The Kier molecular flexibility index (Phi) is 9.57. The number of carbonyl (C=O) groups is 2. The number of nitrogens with zero attached hydrogens (tertiary/aromatic N) is 4. The van der Waals surface area contributed by atoms with Gasteiger partial charge in [0.1, 0.15) is 0 Å². The molecular weight excluding hydrogens is 608 g/mol. The lowest BCUT2D eigenvalue weighted by Crippen LogP contribution is -2.52. The van der Waals surface area contributed by atoms with E-state index in [4.69, 9.17) is 9.47 Å². The number of fused-ring (bicyclic) bond motifs is 1. The van der Waals surface area contributed by atoms with Gasteiger partial charge in [-0.2, -0.15) is 0 Å². The molecule has 0 unspecified atom stereocenters. The van der Waals surface area contributed by atoms with Crippen molar-refractivity contribution in [2.24, 2.45) is 7.05 Å². The van der Waals surface area contributed by atoms with E-state index in [1.807, 2.05) is 62.5 Å². The molecule has 13 heteroatoms. The maximum absolute atomic E-state index is 13.3. The number of piperazine rings is 1. The Morgan fingerprint density at radius 1 is 1.00 bits per heavy atom. The second kappa shape index (κ2) is 13.1. The molecule has 1 aromatic heterocycles. The van der Waals surface area contributed by atoms with Gasteiger partial charge in [0.25, 0.3) is 0 Å². The Hall–Kier alpha value is -3.81. The second-order valence-electron chi connectivity index (χ2n) is 13.4. The standard InChI is InChI=1S/C33H46N6O6S/c1-33(2,3)24-19-25(30(44-6)26(20-24)35-46(7,42)43)34-32(41)45-28-18-22-10-8-11-23(29(22)37(28)5)21-38-14-16-39(17-15-38)31(40)27-12-9-13-36(27)4/h8,10-11,18-20,27,35H,9,12-17,21H2,1-7H3,(H,34,41)/t27-/m1/s1. The Balaban J connectivity index is 1.31. The van der Waals surface area contributed by atoms with Crippen molar-refractivity contribution in [3.8, 4) is 11.6 Å². The monoisotopic (exact) mass is 654 g/mol. The third kappa shape index (κ3) is 7.42. The van der Waals surface area contributed by atoms with Crippen LogP contribution in [0, 0.1) is 0 Å². The molecule has 46 heavy (non-hydrogen) atoms. The van der Waals surface area contributed by atoms with Crippen LogP contribution in [0.4, 0.5) is 16.2 Å². The summed E-state index contributed by atoms with van der Waals surface area (Å²) in [5, 5.41) is 3.70. The van der Waals surface area contributed by atoms with Crippen LogP contribution in [0.5, 0.6) is 11.6 Å². The number of anilines is 2. The first-order valence-electron chi connectivity index (χ1n) is 15.6. The molecule has 5 rings (SSSR count). The molecule has 2 aliphatic rings. The Bertz CT molecular complexity index is 1720. The SMILES string of the molecule is COc1c(NC(=O)Oc2cc3cccc(CN4CCN(C(=O)[C@H]5CCCN5C)CC4)c3n2C)cc(C(C)(C)C)cc1NS(C)(=O)=O. The van der Waals surface area contributed by atoms with Crippen molar-refractivity contribution >= 4 is 44.3 Å². The molecule has 250 valence electrons. The Labute approximate surface area is 271 Å². The zero-order chi connectivity index (χ0) is 33.4. The molecule has 2 saturated heterocycles.